The number of aliphatic hydroxyl groups is 2. The van der Waals surface area contributed by atoms with Crippen LogP contribution in [0.4, 0.5) is 0 Å². The van der Waals surface area contributed by atoms with Crippen LogP contribution in [0.25, 0.3) is 0 Å². The van der Waals surface area contributed by atoms with Crippen LogP contribution in [0.2, 0.25) is 0 Å². The number of ketones is 1. The van der Waals surface area contributed by atoms with Crippen LogP contribution >= 0.6 is 0 Å². The van der Waals surface area contributed by atoms with Crippen LogP contribution in [-0.2, 0) is 33.3 Å². The second-order valence-electron chi connectivity index (χ2n) is 20.0. The van der Waals surface area contributed by atoms with E-state index in [-0.39, 0.29) is 53.8 Å². The number of Topliss-reactive ketones (excluding diaryl/α,β-unsaturated/α-hetero) is 1. The SMILES string of the molecule is CCCN(CCC)[C@H]1C=C[C@]2(O[C@H]([C@@H](CC)C(=O)[C@@H](C)[C@@H](O)[C@H](C)[C@@H]3O[C@@H]([C@@H](CC)C(=O)O)CC[C@@H]3C)[C@@H](C)C[C@H]2C)O[C@@]12CC[C@@](C)([C@H]1CC[C@](O)(CC)[C@H](C)O1)O2. The maximum Gasteiger partial charge on any atom is 0.309 e. The lowest BCUT2D eigenvalue weighted by Gasteiger charge is -2.56. The molecule has 0 aromatic heterocycles. The number of hydrogen-bond acceptors (Lipinski definition) is 10. The molecule has 0 aromatic carbocycles. The van der Waals surface area contributed by atoms with Gasteiger partial charge in [0.1, 0.15) is 5.78 Å². The van der Waals surface area contributed by atoms with E-state index in [1.165, 1.54) is 0 Å². The molecule has 11 heteroatoms. The smallest absolute Gasteiger partial charge is 0.309 e. The predicted octanol–water partition coefficient (Wildman–Crippen LogP) is 8.32. The van der Waals surface area contributed by atoms with Gasteiger partial charge in [-0.1, -0.05) is 75.3 Å². The zero-order valence-corrected chi connectivity index (χ0v) is 38.8. The average Bonchev–Trinajstić information content (AvgIpc) is 3.54. The van der Waals surface area contributed by atoms with Crippen molar-refractivity contribution in [3.63, 3.8) is 0 Å². The first-order valence-electron chi connectivity index (χ1n) is 23.8. The van der Waals surface area contributed by atoms with E-state index >= 15 is 0 Å². The van der Waals surface area contributed by atoms with Crippen LogP contribution in [0, 0.1) is 41.4 Å². The molecule has 2 spiro atoms. The van der Waals surface area contributed by atoms with Crippen molar-refractivity contribution in [2.24, 2.45) is 41.4 Å². The lowest BCUT2D eigenvalue weighted by atomic mass is 9.72. The van der Waals surface area contributed by atoms with Gasteiger partial charge in [0.05, 0.1) is 59.8 Å². The van der Waals surface area contributed by atoms with Gasteiger partial charge in [-0.15, -0.1) is 0 Å². The third-order valence-corrected chi connectivity index (χ3v) is 15.9. The quantitative estimate of drug-likeness (QED) is 0.122. The van der Waals surface area contributed by atoms with Gasteiger partial charge in [-0.05, 0) is 115 Å². The molecule has 11 nitrogen and oxygen atoms in total. The standard InChI is InChI=1S/C48H83NO10/c1-13-26-49(27-14-2)38-20-23-47(59-48(38)25-24-45(12,58-48)39-21-22-46(54,17-5)34(11)55-39)31(8)28-30(7)43(57-47)36(16-4)41(51)32(9)40(50)33(10)42-29(6)18-19-37(56-42)35(15-3)44(52)53/h20,23,29-40,42-43,50,54H,13-19,21-22,24-28H2,1-12H3,(H,52,53)/t29-,30-,31+,32-,33-,34-,35+,36-,37+,38-,39+,40+,42+,43-,45-,46+,47-,48-/m0/s1. The second-order valence-corrected chi connectivity index (χ2v) is 20.0. The van der Waals surface area contributed by atoms with E-state index in [1.54, 1.807) is 0 Å². The summed E-state index contributed by atoms with van der Waals surface area (Å²) in [6.07, 6.45) is 10.3. The Labute approximate surface area is 356 Å². The van der Waals surface area contributed by atoms with Crippen LogP contribution in [0.15, 0.2) is 12.2 Å². The number of aliphatic carboxylic acids is 1. The van der Waals surface area contributed by atoms with Crippen molar-refractivity contribution >= 4 is 11.8 Å². The zero-order chi connectivity index (χ0) is 43.7. The van der Waals surface area contributed by atoms with Crippen molar-refractivity contribution in [2.75, 3.05) is 13.1 Å². The van der Waals surface area contributed by atoms with Gasteiger partial charge >= 0.3 is 5.97 Å². The molecule has 5 aliphatic heterocycles. The number of aliphatic hydroxyl groups excluding tert-OH is 1. The highest BCUT2D eigenvalue weighted by atomic mass is 16.8. The molecular formula is C48H83NO10. The highest BCUT2D eigenvalue weighted by Crippen LogP contribution is 2.55. The molecule has 0 aromatic rings. The van der Waals surface area contributed by atoms with Crippen LogP contribution in [-0.4, -0.2) is 111 Å². The number of carboxylic acids is 1. The summed E-state index contributed by atoms with van der Waals surface area (Å²) < 4.78 is 35.2. The van der Waals surface area contributed by atoms with E-state index in [4.69, 9.17) is 23.7 Å². The Morgan fingerprint density at radius 3 is 2.08 bits per heavy atom. The first-order chi connectivity index (χ1) is 27.8. The van der Waals surface area contributed by atoms with Gasteiger partial charge in [0, 0.05) is 30.1 Å². The Bertz CT molecular complexity index is 1440. The van der Waals surface area contributed by atoms with E-state index in [0.29, 0.717) is 44.9 Å². The fourth-order valence-corrected chi connectivity index (χ4v) is 11.9. The van der Waals surface area contributed by atoms with Crippen molar-refractivity contribution in [3.8, 4) is 0 Å². The van der Waals surface area contributed by atoms with Gasteiger partial charge in [0.2, 0.25) is 0 Å². The number of ether oxygens (including phenoxy) is 5. The van der Waals surface area contributed by atoms with Crippen molar-refractivity contribution in [2.45, 2.75) is 226 Å². The van der Waals surface area contributed by atoms with Crippen LogP contribution in [0.1, 0.15) is 160 Å². The van der Waals surface area contributed by atoms with Crippen molar-refractivity contribution in [1.29, 1.82) is 0 Å². The summed E-state index contributed by atoms with van der Waals surface area (Å²) >= 11 is 0. The summed E-state index contributed by atoms with van der Waals surface area (Å²) in [5, 5.41) is 33.0. The first-order valence-corrected chi connectivity index (χ1v) is 23.8. The summed E-state index contributed by atoms with van der Waals surface area (Å²) in [7, 11) is 0. The van der Waals surface area contributed by atoms with E-state index < -0.39 is 64.8 Å². The number of rotatable bonds is 17. The molecule has 5 aliphatic rings. The zero-order valence-electron chi connectivity index (χ0n) is 38.8. The predicted molar refractivity (Wildman–Crippen MR) is 229 cm³/mol. The van der Waals surface area contributed by atoms with Crippen molar-refractivity contribution in [1.82, 2.24) is 4.90 Å². The lowest BCUT2D eigenvalue weighted by molar-refractivity contribution is -0.403. The van der Waals surface area contributed by atoms with Gasteiger partial charge in [0.25, 0.3) is 0 Å². The van der Waals surface area contributed by atoms with Gasteiger partial charge in [-0.3, -0.25) is 14.5 Å². The maximum atomic E-state index is 14.7. The minimum absolute atomic E-state index is 0.0270. The fourth-order valence-electron chi connectivity index (χ4n) is 11.9. The van der Waals surface area contributed by atoms with Crippen LogP contribution in [0.3, 0.4) is 0 Å². The molecule has 5 heterocycles. The molecule has 59 heavy (non-hydrogen) atoms. The largest absolute Gasteiger partial charge is 0.481 e. The molecule has 340 valence electrons. The topological polar surface area (TPSA) is 144 Å². The third kappa shape index (κ3) is 9.58. The molecule has 0 aliphatic carbocycles. The third-order valence-electron chi connectivity index (χ3n) is 15.9. The molecule has 0 saturated carbocycles. The molecule has 4 saturated heterocycles. The summed E-state index contributed by atoms with van der Waals surface area (Å²) in [6, 6.07) is -0.149. The second kappa shape index (κ2) is 19.5. The van der Waals surface area contributed by atoms with E-state index in [0.717, 1.165) is 45.2 Å². The van der Waals surface area contributed by atoms with E-state index in [9.17, 15) is 24.9 Å². The Kier molecular flexibility index (Phi) is 16.1. The van der Waals surface area contributed by atoms with Crippen molar-refractivity contribution in [3.05, 3.63) is 12.2 Å². The summed E-state index contributed by atoms with van der Waals surface area (Å²) in [5.74, 6) is -5.02. The molecule has 0 amide bonds. The average molecular weight is 834 g/mol. The molecule has 4 fully saturated rings. The fraction of sp³-hybridized carbons (Fsp3) is 0.917. The van der Waals surface area contributed by atoms with Crippen molar-refractivity contribution < 1.29 is 48.6 Å². The number of carbonyl (C=O) groups excluding carboxylic acids is 1. The molecule has 0 unspecified atom stereocenters. The minimum Gasteiger partial charge on any atom is -0.481 e. The Balaban J connectivity index is 1.40. The molecule has 0 bridgehead atoms. The Morgan fingerprint density at radius 1 is 0.847 bits per heavy atom. The van der Waals surface area contributed by atoms with Gasteiger partial charge in [-0.2, -0.15) is 0 Å². The highest BCUT2D eigenvalue weighted by Gasteiger charge is 2.64. The Hall–Kier alpha value is -1.44. The molecule has 5 rings (SSSR count). The maximum absolute atomic E-state index is 14.7. The normalized spacial score (nSPS) is 42.8. The van der Waals surface area contributed by atoms with Crippen LogP contribution in [0.5, 0.6) is 0 Å². The molecule has 0 radical (unpaired) electrons. The number of hydrogen-bond donors (Lipinski definition) is 3. The summed E-state index contributed by atoms with van der Waals surface area (Å²) in [4.78, 5) is 29.2. The first kappa shape index (κ1) is 48.6. The Morgan fingerprint density at radius 2 is 1.51 bits per heavy atom. The van der Waals surface area contributed by atoms with Gasteiger partial charge in [0.15, 0.2) is 11.6 Å². The minimum atomic E-state index is -1.13. The summed E-state index contributed by atoms with van der Waals surface area (Å²) in [6.45, 7) is 26.4. The van der Waals surface area contributed by atoms with E-state index in [1.807, 2.05) is 41.5 Å². The van der Waals surface area contributed by atoms with Crippen LogP contribution < -0.4 is 0 Å². The summed E-state index contributed by atoms with van der Waals surface area (Å²) in [5.41, 5.74) is -1.49. The monoisotopic (exact) mass is 834 g/mol. The number of carbonyl (C=O) groups is 2. The van der Waals surface area contributed by atoms with E-state index in [2.05, 4.69) is 58.6 Å². The molecule has 18 atom stereocenters. The molecular weight excluding hydrogens is 751 g/mol. The lowest BCUT2D eigenvalue weighted by Crippen LogP contribution is -2.66. The molecule has 3 N–H and O–H groups in total. The number of nitrogens with zero attached hydrogens (tertiary/aromatic N) is 1. The van der Waals surface area contributed by atoms with Gasteiger partial charge < -0.3 is 39.0 Å². The van der Waals surface area contributed by atoms with Gasteiger partial charge in [-0.25, -0.2) is 0 Å². The number of carboxylic acid groups (broad SMARTS) is 1. The highest BCUT2D eigenvalue weighted by molar-refractivity contribution is 5.84.